The third-order valence-electron chi connectivity index (χ3n) is 4.16. The van der Waals surface area contributed by atoms with Gasteiger partial charge in [-0.05, 0) is 5.92 Å². The van der Waals surface area contributed by atoms with Crippen molar-refractivity contribution in [1.29, 1.82) is 0 Å². The number of carboxylic acids is 1. The molecule has 12 nitrogen and oxygen atoms in total. The molecular weight excluding hydrogens is 406 g/mol. The summed E-state index contributed by atoms with van der Waals surface area (Å²) >= 11 is 3.98. The van der Waals surface area contributed by atoms with Gasteiger partial charge in [0.25, 0.3) is 0 Å². The smallest absolute Gasteiger partial charge is 0.326 e. The Morgan fingerprint density at radius 3 is 1.97 bits per heavy atom. The van der Waals surface area contributed by atoms with Crippen molar-refractivity contribution in [3.8, 4) is 0 Å². The van der Waals surface area contributed by atoms with Crippen molar-refractivity contribution < 1.29 is 34.2 Å². The second-order valence-corrected chi connectivity index (χ2v) is 6.84. The van der Waals surface area contributed by atoms with Gasteiger partial charge in [-0.15, -0.1) is 0 Å². The molecule has 5 atom stereocenters. The van der Waals surface area contributed by atoms with Gasteiger partial charge in [0.1, 0.15) is 24.2 Å². The van der Waals surface area contributed by atoms with Crippen LogP contribution in [0.25, 0.3) is 0 Å². The Balaban J connectivity index is 5.26. The molecule has 0 aromatic rings. The van der Waals surface area contributed by atoms with Gasteiger partial charge < -0.3 is 37.6 Å². The zero-order valence-corrected chi connectivity index (χ0v) is 17.1. The summed E-state index contributed by atoms with van der Waals surface area (Å²) < 4.78 is 0. The van der Waals surface area contributed by atoms with Crippen LogP contribution in [0.15, 0.2) is 0 Å². The average Bonchev–Trinajstić information content (AvgIpc) is 2.67. The highest BCUT2D eigenvalue weighted by Gasteiger charge is 2.32. The van der Waals surface area contributed by atoms with E-state index in [9.17, 15) is 24.0 Å². The Morgan fingerprint density at radius 2 is 1.55 bits per heavy atom. The number of carboxylic acid groups (broad SMARTS) is 1. The number of carbonyl (C=O) groups is 5. The SMILES string of the molecule is CCC(C)C(NC(=O)C(N)CO)C(=O)NC(CS)C(=O)NC(CC(N)=O)C(=O)O. The molecule has 0 spiro atoms. The van der Waals surface area contributed by atoms with Crippen molar-refractivity contribution in [1.82, 2.24) is 16.0 Å². The molecule has 0 radical (unpaired) electrons. The van der Waals surface area contributed by atoms with Gasteiger partial charge in [-0.1, -0.05) is 20.3 Å². The highest BCUT2D eigenvalue weighted by Crippen LogP contribution is 2.09. The Bertz CT molecular complexity index is 618. The molecule has 0 bridgehead atoms. The number of aliphatic hydroxyl groups is 1. The first-order valence-electron chi connectivity index (χ1n) is 8.87. The quantitative estimate of drug-likeness (QED) is 0.137. The van der Waals surface area contributed by atoms with Crippen LogP contribution in [0.3, 0.4) is 0 Å². The van der Waals surface area contributed by atoms with Gasteiger partial charge in [0.2, 0.25) is 23.6 Å². The first-order chi connectivity index (χ1) is 13.5. The standard InChI is InChI=1S/C16H29N5O7S/c1-3-7(2)12(21-13(24)8(17)5-22)15(26)20-10(6-29)14(25)19-9(16(27)28)4-11(18)23/h7-10,12,22,29H,3-6,17H2,1-2H3,(H2,18,23)(H,19,25)(H,20,26)(H,21,24)(H,27,28). The number of rotatable bonds is 13. The number of hydrogen-bond acceptors (Lipinski definition) is 8. The van der Waals surface area contributed by atoms with Crippen LogP contribution < -0.4 is 27.4 Å². The lowest BCUT2D eigenvalue weighted by molar-refractivity contribution is -0.143. The summed E-state index contributed by atoms with van der Waals surface area (Å²) in [6.45, 7) is 2.87. The van der Waals surface area contributed by atoms with Gasteiger partial charge in [0, 0.05) is 5.75 Å². The van der Waals surface area contributed by atoms with E-state index < -0.39 is 66.8 Å². The summed E-state index contributed by atoms with van der Waals surface area (Å²) in [5.41, 5.74) is 10.4. The van der Waals surface area contributed by atoms with Crippen molar-refractivity contribution in [3.63, 3.8) is 0 Å². The zero-order chi connectivity index (χ0) is 22.7. The molecule has 166 valence electrons. The number of carbonyl (C=O) groups excluding carboxylic acids is 4. The molecule has 4 amide bonds. The fraction of sp³-hybridized carbons (Fsp3) is 0.688. The number of aliphatic carboxylic acids is 1. The molecule has 0 saturated heterocycles. The fourth-order valence-corrected chi connectivity index (χ4v) is 2.43. The van der Waals surface area contributed by atoms with Crippen LogP contribution in [0.2, 0.25) is 0 Å². The number of nitrogens with two attached hydrogens (primary N) is 2. The maximum atomic E-state index is 12.6. The van der Waals surface area contributed by atoms with Crippen LogP contribution in [0, 0.1) is 5.92 Å². The van der Waals surface area contributed by atoms with Gasteiger partial charge in [0.05, 0.1) is 13.0 Å². The monoisotopic (exact) mass is 435 g/mol. The van der Waals surface area contributed by atoms with E-state index in [-0.39, 0.29) is 11.7 Å². The van der Waals surface area contributed by atoms with E-state index in [4.69, 9.17) is 21.7 Å². The molecular formula is C16H29N5O7S. The molecule has 0 aromatic heterocycles. The van der Waals surface area contributed by atoms with E-state index in [0.29, 0.717) is 6.42 Å². The predicted molar refractivity (Wildman–Crippen MR) is 106 cm³/mol. The first kappa shape index (κ1) is 26.6. The molecule has 0 aliphatic heterocycles. The summed E-state index contributed by atoms with van der Waals surface area (Å²) in [6.07, 6.45) is -0.122. The van der Waals surface area contributed by atoms with Gasteiger partial charge in [0.15, 0.2) is 0 Å². The van der Waals surface area contributed by atoms with Gasteiger partial charge >= 0.3 is 5.97 Å². The minimum atomic E-state index is -1.56. The molecule has 13 heteroatoms. The first-order valence-corrected chi connectivity index (χ1v) is 9.51. The minimum Gasteiger partial charge on any atom is -0.480 e. The van der Waals surface area contributed by atoms with E-state index in [1.165, 1.54) is 0 Å². The second kappa shape index (κ2) is 13.0. The molecule has 5 unspecified atom stereocenters. The predicted octanol–water partition coefficient (Wildman–Crippen LogP) is -3.30. The Kier molecular flexibility index (Phi) is 11.9. The molecule has 0 rings (SSSR count). The molecule has 0 saturated carbocycles. The second-order valence-electron chi connectivity index (χ2n) is 6.47. The maximum absolute atomic E-state index is 12.6. The van der Waals surface area contributed by atoms with Crippen LogP contribution in [-0.4, -0.2) is 76.3 Å². The van der Waals surface area contributed by atoms with Crippen molar-refractivity contribution in [2.75, 3.05) is 12.4 Å². The Morgan fingerprint density at radius 1 is 1.00 bits per heavy atom. The van der Waals surface area contributed by atoms with Crippen LogP contribution >= 0.6 is 12.6 Å². The Labute approximate surface area is 173 Å². The lowest BCUT2D eigenvalue weighted by atomic mass is 9.97. The van der Waals surface area contributed by atoms with Gasteiger partial charge in [-0.25, -0.2) is 4.79 Å². The molecule has 0 aliphatic carbocycles. The number of aliphatic hydroxyl groups excluding tert-OH is 1. The van der Waals surface area contributed by atoms with E-state index >= 15 is 0 Å². The maximum Gasteiger partial charge on any atom is 0.326 e. The van der Waals surface area contributed by atoms with Crippen molar-refractivity contribution in [2.45, 2.75) is 50.9 Å². The Hall–Kier alpha value is -2.38. The molecule has 9 N–H and O–H groups in total. The van der Waals surface area contributed by atoms with Crippen LogP contribution in [-0.2, 0) is 24.0 Å². The number of nitrogens with one attached hydrogen (secondary N) is 3. The molecule has 0 aromatic carbocycles. The summed E-state index contributed by atoms with van der Waals surface area (Å²) in [5, 5.41) is 25.0. The number of primary amides is 1. The van der Waals surface area contributed by atoms with E-state index in [1.807, 2.05) is 0 Å². The molecule has 0 aliphatic rings. The van der Waals surface area contributed by atoms with E-state index in [0.717, 1.165) is 0 Å². The van der Waals surface area contributed by atoms with E-state index in [2.05, 4.69) is 28.6 Å². The normalized spacial score (nSPS) is 15.9. The lowest BCUT2D eigenvalue weighted by Gasteiger charge is -2.27. The van der Waals surface area contributed by atoms with Gasteiger partial charge in [-0.2, -0.15) is 12.6 Å². The highest BCUT2D eigenvalue weighted by atomic mass is 32.1. The number of hydrogen-bond donors (Lipinski definition) is 8. The minimum absolute atomic E-state index is 0.183. The zero-order valence-electron chi connectivity index (χ0n) is 16.3. The lowest BCUT2D eigenvalue weighted by Crippen LogP contribution is -2.59. The average molecular weight is 436 g/mol. The summed E-state index contributed by atoms with van der Waals surface area (Å²) in [4.78, 5) is 59.0. The largest absolute Gasteiger partial charge is 0.480 e. The van der Waals surface area contributed by atoms with E-state index in [1.54, 1.807) is 13.8 Å². The highest BCUT2D eigenvalue weighted by molar-refractivity contribution is 7.80. The summed E-state index contributed by atoms with van der Waals surface area (Å²) in [5.74, 6) is -5.26. The topological polar surface area (TPSA) is 214 Å². The van der Waals surface area contributed by atoms with Crippen molar-refractivity contribution in [2.24, 2.45) is 17.4 Å². The van der Waals surface area contributed by atoms with Crippen LogP contribution in [0.1, 0.15) is 26.7 Å². The van der Waals surface area contributed by atoms with Crippen LogP contribution in [0.5, 0.6) is 0 Å². The third kappa shape index (κ3) is 9.11. The fourth-order valence-electron chi connectivity index (χ4n) is 2.17. The van der Waals surface area contributed by atoms with Gasteiger partial charge in [-0.3, -0.25) is 19.2 Å². The number of thiol groups is 1. The van der Waals surface area contributed by atoms with Crippen LogP contribution in [0.4, 0.5) is 0 Å². The molecule has 0 heterocycles. The number of amides is 4. The molecule has 0 fully saturated rings. The van der Waals surface area contributed by atoms with Crippen molar-refractivity contribution in [3.05, 3.63) is 0 Å². The third-order valence-corrected chi connectivity index (χ3v) is 4.53. The summed E-state index contributed by atoms with van der Waals surface area (Å²) in [7, 11) is 0. The molecule has 29 heavy (non-hydrogen) atoms. The van der Waals surface area contributed by atoms with Crippen molar-refractivity contribution >= 4 is 42.2 Å². The summed E-state index contributed by atoms with van der Waals surface area (Å²) in [6, 6.07) is -5.08.